The first-order chi connectivity index (χ1) is 12.9. The third kappa shape index (κ3) is 2.62. The van der Waals surface area contributed by atoms with Gasteiger partial charge in [-0.05, 0) is 42.3 Å². The largest absolute Gasteiger partial charge is 0.508 e. The fourth-order valence-electron chi connectivity index (χ4n) is 3.51. The first kappa shape index (κ1) is 17.4. The summed E-state index contributed by atoms with van der Waals surface area (Å²) in [4.78, 5) is 27.7. The van der Waals surface area contributed by atoms with Gasteiger partial charge >= 0.3 is 0 Å². The van der Waals surface area contributed by atoms with Gasteiger partial charge in [0.25, 0.3) is 5.91 Å². The molecule has 3 aromatic rings. The average Bonchev–Trinajstić information content (AvgIpc) is 2.90. The zero-order valence-corrected chi connectivity index (χ0v) is 15.3. The van der Waals surface area contributed by atoms with Crippen LogP contribution in [0.2, 0.25) is 5.02 Å². The van der Waals surface area contributed by atoms with E-state index in [0.29, 0.717) is 21.6 Å². The fraction of sp³-hybridized carbons (Fsp3) is 0.143. The van der Waals surface area contributed by atoms with Crippen molar-refractivity contribution in [2.45, 2.75) is 13.0 Å². The minimum atomic E-state index is -0.668. The molecule has 1 N–H and O–H groups in total. The Bertz CT molecular complexity index is 1160. The predicted molar refractivity (Wildman–Crippen MR) is 103 cm³/mol. The molecule has 136 valence electrons. The molecule has 6 heteroatoms. The maximum atomic E-state index is 13.3. The summed E-state index contributed by atoms with van der Waals surface area (Å²) in [5.41, 5.74) is 1.64. The third-order valence-electron chi connectivity index (χ3n) is 4.76. The van der Waals surface area contributed by atoms with Crippen LogP contribution in [-0.2, 0) is 0 Å². The van der Waals surface area contributed by atoms with E-state index in [-0.39, 0.29) is 35.0 Å². The number of hydrogen-bond donors (Lipinski definition) is 1. The van der Waals surface area contributed by atoms with Crippen LogP contribution in [0, 0.1) is 6.92 Å². The molecule has 1 amide bonds. The lowest BCUT2D eigenvalue weighted by Gasteiger charge is -2.23. The molecule has 0 saturated heterocycles. The summed E-state index contributed by atoms with van der Waals surface area (Å²) < 4.78 is 5.85. The normalized spacial score (nSPS) is 16.0. The number of phenolic OH excluding ortho intramolecular Hbond substituents is 1. The molecular weight excluding hydrogens is 366 g/mol. The smallest absolute Gasteiger partial charge is 0.291 e. The van der Waals surface area contributed by atoms with Gasteiger partial charge in [-0.25, -0.2) is 0 Å². The van der Waals surface area contributed by atoms with Crippen molar-refractivity contribution >= 4 is 28.5 Å². The average molecular weight is 382 g/mol. The highest BCUT2D eigenvalue weighted by Gasteiger charge is 2.42. The van der Waals surface area contributed by atoms with Gasteiger partial charge in [-0.1, -0.05) is 29.8 Å². The lowest BCUT2D eigenvalue weighted by atomic mass is 9.98. The number of carbonyl (C=O) groups excluding carboxylic acids is 1. The number of carbonyl (C=O) groups is 1. The van der Waals surface area contributed by atoms with E-state index in [4.69, 9.17) is 16.0 Å². The SMILES string of the molecule is C=CCN1C(=O)c2oc3cc(C)c(Cl)cc3c(=O)c2[C@@H]1c1cccc(O)c1. The molecule has 0 bridgehead atoms. The van der Waals surface area contributed by atoms with Crippen LogP contribution in [0.1, 0.15) is 33.3 Å². The zero-order valence-electron chi connectivity index (χ0n) is 14.5. The van der Waals surface area contributed by atoms with Crippen molar-refractivity contribution in [3.63, 3.8) is 0 Å². The maximum Gasteiger partial charge on any atom is 0.291 e. The fourth-order valence-corrected chi connectivity index (χ4v) is 3.67. The third-order valence-corrected chi connectivity index (χ3v) is 5.17. The second-order valence-corrected chi connectivity index (χ2v) is 6.92. The lowest BCUT2D eigenvalue weighted by Crippen LogP contribution is -2.29. The van der Waals surface area contributed by atoms with Crippen LogP contribution in [0.15, 0.2) is 58.3 Å². The molecule has 27 heavy (non-hydrogen) atoms. The van der Waals surface area contributed by atoms with Crippen molar-refractivity contribution in [1.29, 1.82) is 0 Å². The summed E-state index contributed by atoms with van der Waals surface area (Å²) in [5, 5.41) is 10.6. The van der Waals surface area contributed by atoms with E-state index < -0.39 is 6.04 Å². The van der Waals surface area contributed by atoms with Gasteiger partial charge in [-0.15, -0.1) is 6.58 Å². The summed E-state index contributed by atoms with van der Waals surface area (Å²) in [6.45, 7) is 5.74. The number of hydrogen-bond acceptors (Lipinski definition) is 4. The zero-order chi connectivity index (χ0) is 19.3. The number of benzene rings is 2. The Morgan fingerprint density at radius 2 is 2.07 bits per heavy atom. The summed E-state index contributed by atoms with van der Waals surface area (Å²) in [5.74, 6) is -0.315. The van der Waals surface area contributed by atoms with Crippen molar-refractivity contribution in [1.82, 2.24) is 4.90 Å². The number of phenols is 1. The molecule has 1 aliphatic heterocycles. The molecule has 4 rings (SSSR count). The summed E-state index contributed by atoms with van der Waals surface area (Å²) >= 11 is 6.19. The Morgan fingerprint density at radius 1 is 1.30 bits per heavy atom. The van der Waals surface area contributed by atoms with Gasteiger partial charge in [0.05, 0.1) is 17.0 Å². The van der Waals surface area contributed by atoms with Gasteiger partial charge in [0.1, 0.15) is 11.3 Å². The van der Waals surface area contributed by atoms with Crippen molar-refractivity contribution in [3.8, 4) is 5.75 Å². The number of nitrogens with zero attached hydrogens (tertiary/aromatic N) is 1. The molecule has 0 radical (unpaired) electrons. The molecule has 5 nitrogen and oxygen atoms in total. The maximum absolute atomic E-state index is 13.3. The van der Waals surface area contributed by atoms with E-state index in [1.807, 2.05) is 0 Å². The van der Waals surface area contributed by atoms with E-state index in [0.717, 1.165) is 5.56 Å². The minimum Gasteiger partial charge on any atom is -0.508 e. The second kappa shape index (κ2) is 6.28. The van der Waals surface area contributed by atoms with E-state index in [1.165, 1.54) is 17.0 Å². The summed E-state index contributed by atoms with van der Waals surface area (Å²) in [6.07, 6.45) is 1.59. The van der Waals surface area contributed by atoms with Crippen LogP contribution < -0.4 is 5.43 Å². The van der Waals surface area contributed by atoms with Gasteiger partial charge in [-0.2, -0.15) is 0 Å². The van der Waals surface area contributed by atoms with Crippen LogP contribution in [-0.4, -0.2) is 22.5 Å². The van der Waals surface area contributed by atoms with E-state index >= 15 is 0 Å². The molecular formula is C21H16ClNO4. The van der Waals surface area contributed by atoms with E-state index in [1.54, 1.807) is 37.3 Å². The molecule has 0 fully saturated rings. The number of fused-ring (bicyclic) bond motifs is 2. The number of amides is 1. The van der Waals surface area contributed by atoms with Crippen molar-refractivity contribution in [3.05, 3.63) is 86.7 Å². The molecule has 1 aliphatic rings. The standard InChI is InChI=1S/C21H16ClNO4/c1-3-7-23-18(12-5-4-6-13(24)9-12)17-19(25)14-10-15(22)11(2)8-16(14)27-20(17)21(23)26/h3-6,8-10,18,24H,1,7H2,2H3/t18-/m0/s1. The van der Waals surface area contributed by atoms with Gasteiger partial charge in [-0.3, -0.25) is 9.59 Å². The van der Waals surface area contributed by atoms with Crippen LogP contribution in [0.4, 0.5) is 0 Å². The number of rotatable bonds is 3. The van der Waals surface area contributed by atoms with Crippen LogP contribution in [0.5, 0.6) is 5.75 Å². The van der Waals surface area contributed by atoms with Gasteiger partial charge in [0.15, 0.2) is 5.43 Å². The highest BCUT2D eigenvalue weighted by Crippen LogP contribution is 2.39. The molecule has 1 aromatic heterocycles. The van der Waals surface area contributed by atoms with Crippen LogP contribution >= 0.6 is 11.6 Å². The van der Waals surface area contributed by atoms with E-state index in [9.17, 15) is 14.7 Å². The number of halogens is 1. The van der Waals surface area contributed by atoms with Crippen molar-refractivity contribution in [2.24, 2.45) is 0 Å². The Kier molecular flexibility index (Phi) is 4.04. The first-order valence-electron chi connectivity index (χ1n) is 8.40. The highest BCUT2D eigenvalue weighted by atomic mass is 35.5. The minimum absolute atomic E-state index is 0.0180. The first-order valence-corrected chi connectivity index (χ1v) is 8.77. The topological polar surface area (TPSA) is 70.8 Å². The Balaban J connectivity index is 2.05. The highest BCUT2D eigenvalue weighted by molar-refractivity contribution is 6.32. The number of aryl methyl sites for hydroxylation is 1. The second-order valence-electron chi connectivity index (χ2n) is 6.52. The van der Waals surface area contributed by atoms with Crippen LogP contribution in [0.3, 0.4) is 0 Å². The molecule has 2 heterocycles. The van der Waals surface area contributed by atoms with Gasteiger partial charge < -0.3 is 14.4 Å². The van der Waals surface area contributed by atoms with Crippen molar-refractivity contribution < 1.29 is 14.3 Å². The van der Waals surface area contributed by atoms with Gasteiger partial charge in [0, 0.05) is 11.6 Å². The molecule has 0 unspecified atom stereocenters. The molecule has 2 aromatic carbocycles. The predicted octanol–water partition coefficient (Wildman–Crippen LogP) is 4.19. The summed E-state index contributed by atoms with van der Waals surface area (Å²) in [6, 6.07) is 9.05. The quantitative estimate of drug-likeness (QED) is 0.690. The Morgan fingerprint density at radius 3 is 2.78 bits per heavy atom. The van der Waals surface area contributed by atoms with Crippen molar-refractivity contribution in [2.75, 3.05) is 6.54 Å². The van der Waals surface area contributed by atoms with E-state index in [2.05, 4.69) is 6.58 Å². The Labute approximate surface area is 160 Å². The molecule has 0 spiro atoms. The number of aromatic hydroxyl groups is 1. The molecule has 1 atom stereocenters. The van der Waals surface area contributed by atoms with Gasteiger partial charge in [0.2, 0.25) is 5.76 Å². The van der Waals surface area contributed by atoms with Crippen LogP contribution in [0.25, 0.3) is 11.0 Å². The molecule has 0 saturated carbocycles. The lowest BCUT2D eigenvalue weighted by molar-refractivity contribution is 0.0748. The monoisotopic (exact) mass is 381 g/mol. The Hall–Kier alpha value is -3.05. The molecule has 0 aliphatic carbocycles. The summed E-state index contributed by atoms with van der Waals surface area (Å²) in [7, 11) is 0.